The van der Waals surface area contributed by atoms with Gasteiger partial charge < -0.3 is 15.3 Å². The molecule has 0 unspecified atom stereocenters. The normalized spacial score (nSPS) is 10.4. The van der Waals surface area contributed by atoms with Crippen molar-refractivity contribution in [1.82, 2.24) is 19.9 Å². The molecular formula is C33H29N5O7. The largest absolute Gasteiger partial charge is 0.481 e. The zero-order valence-corrected chi connectivity index (χ0v) is 24.4. The molecule has 228 valence electrons. The Bertz CT molecular complexity index is 1910. The quantitative estimate of drug-likeness (QED) is 0.189. The standard InChI is InChI=1S/C29H21N5O3.2C2H4O2/c35-26(16-7-17-27(36)37)34(24-14-5-12-22-28(24)32-20-10-3-1-8-18(20)30-22)25-15-6-13-23-29(25)33-21-11-4-2-9-19(21)31-23;2*1-2(3)4/h1-6,8-15H,7,16-17H2,(H,36,37);2*1H3,(H,3,4). The van der Waals surface area contributed by atoms with Crippen LogP contribution in [0, 0.1) is 0 Å². The number of carbonyl (C=O) groups excluding carboxylic acids is 1. The van der Waals surface area contributed by atoms with Crippen molar-refractivity contribution in [2.75, 3.05) is 4.90 Å². The summed E-state index contributed by atoms with van der Waals surface area (Å²) < 4.78 is 0. The lowest BCUT2D eigenvalue weighted by atomic mass is 10.1. The number of para-hydroxylation sites is 6. The van der Waals surface area contributed by atoms with Gasteiger partial charge >= 0.3 is 5.97 Å². The van der Waals surface area contributed by atoms with Crippen LogP contribution in [0.2, 0.25) is 0 Å². The maximum absolute atomic E-state index is 13.8. The summed E-state index contributed by atoms with van der Waals surface area (Å²) in [5, 5.41) is 24.0. The highest BCUT2D eigenvalue weighted by Gasteiger charge is 2.24. The summed E-state index contributed by atoms with van der Waals surface area (Å²) in [6, 6.07) is 26.2. The van der Waals surface area contributed by atoms with Crippen molar-refractivity contribution in [2.24, 2.45) is 0 Å². The molecule has 12 nitrogen and oxygen atoms in total. The van der Waals surface area contributed by atoms with Crippen molar-refractivity contribution in [3.63, 3.8) is 0 Å². The van der Waals surface area contributed by atoms with Crippen LogP contribution < -0.4 is 4.90 Å². The van der Waals surface area contributed by atoms with Crippen LogP contribution in [0.4, 0.5) is 11.4 Å². The van der Waals surface area contributed by atoms with Crippen LogP contribution in [0.1, 0.15) is 33.1 Å². The summed E-state index contributed by atoms with van der Waals surface area (Å²) in [5.41, 5.74) is 6.48. The van der Waals surface area contributed by atoms with Gasteiger partial charge in [-0.15, -0.1) is 0 Å². The second-order valence-electron chi connectivity index (χ2n) is 9.73. The van der Waals surface area contributed by atoms with E-state index >= 15 is 0 Å². The number of carboxylic acid groups (broad SMARTS) is 3. The number of aliphatic carboxylic acids is 3. The fourth-order valence-corrected chi connectivity index (χ4v) is 4.52. The predicted octanol–water partition coefficient (Wildman–Crippen LogP) is 5.98. The Labute approximate surface area is 256 Å². The number of hydrogen-bond donors (Lipinski definition) is 3. The molecule has 2 heterocycles. The van der Waals surface area contributed by atoms with Gasteiger partial charge in [0.1, 0.15) is 11.0 Å². The molecule has 1 amide bonds. The van der Waals surface area contributed by atoms with Gasteiger partial charge in [-0.3, -0.25) is 24.1 Å². The molecule has 0 fully saturated rings. The molecule has 4 aromatic carbocycles. The Morgan fingerprint density at radius 3 is 1.27 bits per heavy atom. The number of anilines is 2. The molecule has 0 bridgehead atoms. The van der Waals surface area contributed by atoms with Gasteiger partial charge in [0.2, 0.25) is 5.91 Å². The third-order valence-corrected chi connectivity index (χ3v) is 6.21. The summed E-state index contributed by atoms with van der Waals surface area (Å²) in [6.45, 7) is 2.17. The molecule has 2 aromatic heterocycles. The average molecular weight is 608 g/mol. The van der Waals surface area contributed by atoms with E-state index in [1.807, 2.05) is 84.9 Å². The van der Waals surface area contributed by atoms with E-state index in [-0.39, 0.29) is 25.2 Å². The fourth-order valence-electron chi connectivity index (χ4n) is 4.52. The van der Waals surface area contributed by atoms with E-state index in [0.717, 1.165) is 24.9 Å². The van der Waals surface area contributed by atoms with Gasteiger partial charge in [-0.05, 0) is 55.0 Å². The Balaban J connectivity index is 0.000000518. The molecule has 3 N–H and O–H groups in total. The minimum absolute atomic E-state index is 0.0428. The van der Waals surface area contributed by atoms with Crippen LogP contribution in [0.3, 0.4) is 0 Å². The van der Waals surface area contributed by atoms with Crippen molar-refractivity contribution >= 4 is 79.3 Å². The highest BCUT2D eigenvalue weighted by Crippen LogP contribution is 2.36. The lowest BCUT2D eigenvalue weighted by Crippen LogP contribution is -2.26. The summed E-state index contributed by atoms with van der Waals surface area (Å²) in [4.78, 5) is 63.7. The maximum atomic E-state index is 13.8. The van der Waals surface area contributed by atoms with Gasteiger partial charge in [-0.25, -0.2) is 19.9 Å². The molecular weight excluding hydrogens is 578 g/mol. The van der Waals surface area contributed by atoms with E-state index in [0.29, 0.717) is 44.5 Å². The van der Waals surface area contributed by atoms with E-state index in [4.69, 9.17) is 44.8 Å². The third-order valence-electron chi connectivity index (χ3n) is 6.21. The number of aromatic nitrogens is 4. The number of carboxylic acids is 3. The monoisotopic (exact) mass is 607 g/mol. The molecule has 6 rings (SSSR count). The molecule has 12 heteroatoms. The lowest BCUT2D eigenvalue weighted by Gasteiger charge is -2.25. The molecule has 0 atom stereocenters. The second kappa shape index (κ2) is 14.4. The highest BCUT2D eigenvalue weighted by atomic mass is 16.4. The van der Waals surface area contributed by atoms with Crippen molar-refractivity contribution in [1.29, 1.82) is 0 Å². The molecule has 0 aliphatic rings. The SMILES string of the molecule is CC(=O)O.CC(=O)O.O=C(O)CCCC(=O)N(c1cccc2nc3ccccc3nc12)c1cccc2nc3ccccc3nc12. The van der Waals surface area contributed by atoms with Crippen LogP contribution in [-0.4, -0.2) is 59.1 Å². The smallest absolute Gasteiger partial charge is 0.303 e. The van der Waals surface area contributed by atoms with Crippen LogP contribution in [-0.2, 0) is 19.2 Å². The molecule has 6 aromatic rings. The molecule has 0 aliphatic heterocycles. The van der Waals surface area contributed by atoms with E-state index in [1.54, 1.807) is 4.90 Å². The molecule has 0 radical (unpaired) electrons. The Morgan fingerprint density at radius 1 is 0.533 bits per heavy atom. The first-order chi connectivity index (χ1) is 21.5. The number of rotatable bonds is 6. The molecule has 0 aliphatic carbocycles. The highest BCUT2D eigenvalue weighted by molar-refractivity contribution is 6.12. The summed E-state index contributed by atoms with van der Waals surface area (Å²) in [7, 11) is 0. The summed E-state index contributed by atoms with van der Waals surface area (Å²) in [5.74, 6) is -2.87. The van der Waals surface area contributed by atoms with Gasteiger partial charge in [0.15, 0.2) is 0 Å². The molecule has 45 heavy (non-hydrogen) atoms. The van der Waals surface area contributed by atoms with Gasteiger partial charge in [-0.1, -0.05) is 36.4 Å². The van der Waals surface area contributed by atoms with Gasteiger partial charge in [0.25, 0.3) is 11.9 Å². The second-order valence-corrected chi connectivity index (χ2v) is 9.73. The Morgan fingerprint density at radius 2 is 0.889 bits per heavy atom. The summed E-state index contributed by atoms with van der Waals surface area (Å²) in [6.07, 6.45) is 0.157. The Hall–Kier alpha value is -6.04. The number of nitrogens with zero attached hydrogens (tertiary/aromatic N) is 5. The first-order valence-corrected chi connectivity index (χ1v) is 13.8. The minimum atomic E-state index is -0.940. The number of benzene rings is 4. The predicted molar refractivity (Wildman–Crippen MR) is 169 cm³/mol. The van der Waals surface area contributed by atoms with Gasteiger partial charge in [-0.2, -0.15) is 0 Å². The zero-order valence-electron chi connectivity index (χ0n) is 24.4. The number of fused-ring (bicyclic) bond motifs is 4. The van der Waals surface area contributed by atoms with E-state index < -0.39 is 17.9 Å². The van der Waals surface area contributed by atoms with Crippen molar-refractivity contribution < 1.29 is 34.5 Å². The first-order valence-electron chi connectivity index (χ1n) is 13.8. The van der Waals surface area contributed by atoms with Crippen molar-refractivity contribution in [3.05, 3.63) is 84.9 Å². The van der Waals surface area contributed by atoms with E-state index in [1.165, 1.54) is 0 Å². The van der Waals surface area contributed by atoms with E-state index in [2.05, 4.69) is 0 Å². The summed E-state index contributed by atoms with van der Waals surface area (Å²) >= 11 is 0. The Kier molecular flexibility index (Phi) is 10.2. The van der Waals surface area contributed by atoms with Crippen LogP contribution in [0.25, 0.3) is 44.1 Å². The fraction of sp³-hybridized carbons (Fsp3) is 0.152. The first kappa shape index (κ1) is 31.9. The van der Waals surface area contributed by atoms with Crippen LogP contribution >= 0.6 is 0 Å². The minimum Gasteiger partial charge on any atom is -0.481 e. The number of hydrogen-bond acceptors (Lipinski definition) is 8. The van der Waals surface area contributed by atoms with Crippen molar-refractivity contribution in [3.8, 4) is 0 Å². The van der Waals surface area contributed by atoms with E-state index in [9.17, 15) is 9.59 Å². The third kappa shape index (κ3) is 8.08. The molecule has 0 spiro atoms. The number of amides is 1. The molecule has 0 saturated heterocycles. The van der Waals surface area contributed by atoms with Gasteiger partial charge in [0, 0.05) is 26.7 Å². The number of carbonyl (C=O) groups is 4. The lowest BCUT2D eigenvalue weighted by molar-refractivity contribution is -0.137. The van der Waals surface area contributed by atoms with Crippen LogP contribution in [0.5, 0.6) is 0 Å². The van der Waals surface area contributed by atoms with Gasteiger partial charge in [0.05, 0.1) is 44.5 Å². The van der Waals surface area contributed by atoms with Crippen molar-refractivity contribution in [2.45, 2.75) is 33.1 Å². The molecule has 0 saturated carbocycles. The van der Waals surface area contributed by atoms with Crippen LogP contribution in [0.15, 0.2) is 84.9 Å². The maximum Gasteiger partial charge on any atom is 0.303 e. The zero-order chi connectivity index (χ0) is 32.5. The topological polar surface area (TPSA) is 184 Å². The average Bonchev–Trinajstić information content (AvgIpc) is 2.99.